The molecule has 1 N–H and O–H groups in total. The molecule has 0 saturated carbocycles. The number of hydrogen-bond donors (Lipinski definition) is 1. The number of aliphatic hydroxyl groups is 1. The predicted molar refractivity (Wildman–Crippen MR) is 113 cm³/mol. The average molecular weight is 425 g/mol. The van der Waals surface area contributed by atoms with Crippen LogP contribution in [0.5, 0.6) is 11.5 Å². The molecule has 0 radical (unpaired) electrons. The highest BCUT2D eigenvalue weighted by Crippen LogP contribution is 2.44. The van der Waals surface area contributed by atoms with Crippen molar-refractivity contribution in [2.24, 2.45) is 0 Å². The smallest absolute Gasteiger partial charge is 0.338 e. The molecule has 8 heteroatoms. The molecule has 1 amide bonds. The summed E-state index contributed by atoms with van der Waals surface area (Å²) in [7, 11) is 2.97. The normalized spacial score (nSPS) is 15.8. The molecule has 1 aliphatic heterocycles. The second kappa shape index (κ2) is 8.91. The number of methoxy groups -OCH3 is 2. The van der Waals surface area contributed by atoms with Gasteiger partial charge in [0.2, 0.25) is 0 Å². The number of ether oxygens (including phenoxy) is 3. The quantitative estimate of drug-likeness (QED) is 0.679. The van der Waals surface area contributed by atoms with Crippen molar-refractivity contribution in [3.8, 4) is 11.5 Å². The van der Waals surface area contributed by atoms with Crippen molar-refractivity contribution in [3.05, 3.63) is 64.9 Å². The third-order valence-electron chi connectivity index (χ3n) is 4.98. The van der Waals surface area contributed by atoms with Gasteiger partial charge in [-0.05, 0) is 50.2 Å². The molecular weight excluding hydrogens is 402 g/mol. The maximum atomic E-state index is 13.0. The fourth-order valence-corrected chi connectivity index (χ4v) is 3.54. The van der Waals surface area contributed by atoms with Crippen molar-refractivity contribution >= 4 is 23.3 Å². The lowest BCUT2D eigenvalue weighted by molar-refractivity contribution is -0.117. The second-order valence-corrected chi connectivity index (χ2v) is 6.77. The van der Waals surface area contributed by atoms with Crippen LogP contribution in [0.1, 0.15) is 35.8 Å². The fraction of sp³-hybridized carbons (Fsp3) is 0.261. The summed E-state index contributed by atoms with van der Waals surface area (Å²) in [6.07, 6.45) is 0. The third kappa shape index (κ3) is 3.96. The molecule has 3 rings (SSSR count). The zero-order valence-corrected chi connectivity index (χ0v) is 17.7. The maximum Gasteiger partial charge on any atom is 0.338 e. The summed E-state index contributed by atoms with van der Waals surface area (Å²) in [6, 6.07) is 10.2. The first kappa shape index (κ1) is 21.9. The molecule has 0 bridgehead atoms. The Kier molecular flexibility index (Phi) is 6.29. The molecule has 0 aliphatic carbocycles. The van der Waals surface area contributed by atoms with Crippen LogP contribution in [0.3, 0.4) is 0 Å². The van der Waals surface area contributed by atoms with E-state index in [0.29, 0.717) is 28.3 Å². The van der Waals surface area contributed by atoms with E-state index in [1.54, 1.807) is 37.3 Å². The lowest BCUT2D eigenvalue weighted by Gasteiger charge is -2.28. The lowest BCUT2D eigenvalue weighted by Crippen LogP contribution is -2.31. The Balaban J connectivity index is 2.12. The van der Waals surface area contributed by atoms with Crippen LogP contribution in [0.2, 0.25) is 0 Å². The number of anilines is 1. The molecule has 1 heterocycles. The molecule has 8 nitrogen and oxygen atoms in total. The first-order valence-electron chi connectivity index (χ1n) is 9.60. The number of carbonyl (C=O) groups is 3. The molecule has 1 unspecified atom stereocenters. The van der Waals surface area contributed by atoms with Crippen LogP contribution >= 0.6 is 0 Å². The van der Waals surface area contributed by atoms with E-state index in [-0.39, 0.29) is 12.2 Å². The van der Waals surface area contributed by atoms with E-state index >= 15 is 0 Å². The van der Waals surface area contributed by atoms with Crippen LogP contribution in [0.15, 0.2) is 53.8 Å². The van der Waals surface area contributed by atoms with Gasteiger partial charge in [-0.25, -0.2) is 4.79 Å². The number of amides is 1. The number of ketones is 1. The van der Waals surface area contributed by atoms with E-state index in [0.717, 1.165) is 0 Å². The summed E-state index contributed by atoms with van der Waals surface area (Å²) in [5.41, 5.74) is 1.17. The van der Waals surface area contributed by atoms with Crippen LogP contribution in [-0.4, -0.2) is 43.6 Å². The summed E-state index contributed by atoms with van der Waals surface area (Å²) >= 11 is 0. The minimum atomic E-state index is -0.917. The summed E-state index contributed by atoms with van der Waals surface area (Å²) < 4.78 is 15.7. The van der Waals surface area contributed by atoms with E-state index in [2.05, 4.69) is 0 Å². The van der Waals surface area contributed by atoms with Crippen molar-refractivity contribution in [2.45, 2.75) is 19.9 Å². The van der Waals surface area contributed by atoms with Crippen LogP contribution in [0.25, 0.3) is 0 Å². The highest BCUT2D eigenvalue weighted by molar-refractivity contribution is 6.16. The molecule has 2 aromatic rings. The Bertz CT molecular complexity index is 1060. The average Bonchev–Trinajstić information content (AvgIpc) is 3.04. The summed E-state index contributed by atoms with van der Waals surface area (Å²) in [6.45, 7) is 3.24. The van der Waals surface area contributed by atoms with Gasteiger partial charge in [-0.15, -0.1) is 0 Å². The Morgan fingerprint density at radius 1 is 1.06 bits per heavy atom. The fourth-order valence-electron chi connectivity index (χ4n) is 3.54. The number of benzene rings is 2. The van der Waals surface area contributed by atoms with Gasteiger partial charge < -0.3 is 19.3 Å². The Hall–Kier alpha value is -3.81. The van der Waals surface area contributed by atoms with Crippen LogP contribution < -0.4 is 14.4 Å². The van der Waals surface area contributed by atoms with Gasteiger partial charge in [0.15, 0.2) is 11.5 Å². The molecule has 2 aromatic carbocycles. The Morgan fingerprint density at radius 3 is 2.29 bits per heavy atom. The van der Waals surface area contributed by atoms with Gasteiger partial charge in [0.1, 0.15) is 11.5 Å². The minimum Gasteiger partial charge on any atom is -0.503 e. The molecule has 0 spiro atoms. The lowest BCUT2D eigenvalue weighted by atomic mass is 9.95. The molecule has 1 aliphatic rings. The zero-order chi connectivity index (χ0) is 22.7. The van der Waals surface area contributed by atoms with E-state index in [4.69, 9.17) is 14.2 Å². The van der Waals surface area contributed by atoms with Gasteiger partial charge in [0.25, 0.3) is 5.91 Å². The van der Waals surface area contributed by atoms with Crippen molar-refractivity contribution in [1.29, 1.82) is 0 Å². The van der Waals surface area contributed by atoms with E-state index in [1.165, 1.54) is 38.2 Å². The summed E-state index contributed by atoms with van der Waals surface area (Å²) in [5.74, 6) is -1.35. The number of nitrogens with zero attached hydrogens (tertiary/aromatic N) is 1. The maximum absolute atomic E-state index is 13.0. The van der Waals surface area contributed by atoms with Gasteiger partial charge in [0.05, 0.1) is 38.0 Å². The van der Waals surface area contributed by atoms with E-state index in [1.807, 2.05) is 0 Å². The monoisotopic (exact) mass is 425 g/mol. The highest BCUT2D eigenvalue weighted by atomic mass is 16.5. The second-order valence-electron chi connectivity index (χ2n) is 6.77. The topological polar surface area (TPSA) is 102 Å². The Morgan fingerprint density at radius 2 is 1.74 bits per heavy atom. The van der Waals surface area contributed by atoms with Gasteiger partial charge in [-0.3, -0.25) is 14.5 Å². The molecule has 31 heavy (non-hydrogen) atoms. The number of aliphatic hydroxyl groups excluding tert-OH is 1. The van der Waals surface area contributed by atoms with Crippen LogP contribution in [0.4, 0.5) is 5.69 Å². The standard InChI is InChI=1S/C23H23NO7/c1-5-31-23(28)14-6-8-15(9-7-14)24-20(19(13(2)25)21(26)22(24)27)17-11-10-16(29-3)12-18(17)30-4/h6-12,20,26H,5H2,1-4H3. The third-order valence-corrected chi connectivity index (χ3v) is 4.98. The molecule has 1 atom stereocenters. The van der Waals surface area contributed by atoms with Crippen LogP contribution in [-0.2, 0) is 14.3 Å². The van der Waals surface area contributed by atoms with E-state index in [9.17, 15) is 19.5 Å². The van der Waals surface area contributed by atoms with Gasteiger partial charge in [-0.1, -0.05) is 0 Å². The minimum absolute atomic E-state index is 0.0389. The largest absolute Gasteiger partial charge is 0.503 e. The van der Waals surface area contributed by atoms with Crippen molar-refractivity contribution in [2.75, 3.05) is 25.7 Å². The number of rotatable bonds is 7. The van der Waals surface area contributed by atoms with Crippen molar-refractivity contribution in [3.63, 3.8) is 0 Å². The predicted octanol–water partition coefficient (Wildman–Crippen LogP) is 3.37. The molecule has 0 fully saturated rings. The molecule has 162 valence electrons. The first-order chi connectivity index (χ1) is 14.8. The number of Topliss-reactive ketones (excluding diaryl/α,β-unsaturated/α-hetero) is 1. The molecular formula is C23H23NO7. The number of carbonyl (C=O) groups excluding carboxylic acids is 3. The molecule has 0 aromatic heterocycles. The summed E-state index contributed by atoms with van der Waals surface area (Å²) in [5, 5.41) is 10.5. The highest BCUT2D eigenvalue weighted by Gasteiger charge is 2.44. The molecule has 0 saturated heterocycles. The van der Waals surface area contributed by atoms with Crippen LogP contribution in [0, 0.1) is 0 Å². The Labute approximate surface area is 179 Å². The van der Waals surface area contributed by atoms with Crippen molar-refractivity contribution in [1.82, 2.24) is 0 Å². The van der Waals surface area contributed by atoms with Crippen molar-refractivity contribution < 1.29 is 33.7 Å². The van der Waals surface area contributed by atoms with Gasteiger partial charge in [0, 0.05) is 17.3 Å². The first-order valence-corrected chi connectivity index (χ1v) is 9.60. The van der Waals surface area contributed by atoms with E-state index < -0.39 is 29.5 Å². The van der Waals surface area contributed by atoms with Gasteiger partial charge >= 0.3 is 5.97 Å². The number of esters is 1. The summed E-state index contributed by atoms with van der Waals surface area (Å²) in [4.78, 5) is 38.6. The van der Waals surface area contributed by atoms with Gasteiger partial charge in [-0.2, -0.15) is 0 Å². The number of hydrogen-bond acceptors (Lipinski definition) is 7. The SMILES string of the molecule is CCOC(=O)c1ccc(N2C(=O)C(O)=C(C(C)=O)C2c2ccc(OC)cc2OC)cc1. The zero-order valence-electron chi connectivity index (χ0n) is 17.7.